The van der Waals surface area contributed by atoms with E-state index in [-0.39, 0.29) is 22.4 Å². The molecule has 5 nitrogen and oxygen atoms in total. The fourth-order valence-electron chi connectivity index (χ4n) is 2.71. The Labute approximate surface area is 147 Å². The van der Waals surface area contributed by atoms with E-state index in [0.717, 1.165) is 6.42 Å². The van der Waals surface area contributed by atoms with Crippen LogP contribution in [0.15, 0.2) is 18.2 Å². The van der Waals surface area contributed by atoms with Gasteiger partial charge in [0.15, 0.2) is 0 Å². The topological polar surface area (TPSA) is 66.5 Å². The van der Waals surface area contributed by atoms with E-state index in [1.807, 2.05) is 6.92 Å². The van der Waals surface area contributed by atoms with Crippen LogP contribution >= 0.6 is 11.6 Å². The number of unbranched alkanes of at least 4 members (excludes halogenated alkanes) is 1. The number of sulfonamides is 1. The molecular formula is C16H22ClFN2O3S. The van der Waals surface area contributed by atoms with Crippen LogP contribution in [0.5, 0.6) is 0 Å². The lowest BCUT2D eigenvalue weighted by Crippen LogP contribution is -2.47. The molecular weight excluding hydrogens is 355 g/mol. The lowest BCUT2D eigenvalue weighted by molar-refractivity contribution is 0.0920. The van der Waals surface area contributed by atoms with E-state index in [9.17, 15) is 17.6 Å². The van der Waals surface area contributed by atoms with Crippen molar-refractivity contribution in [3.8, 4) is 0 Å². The van der Waals surface area contributed by atoms with E-state index in [1.54, 1.807) is 0 Å². The summed E-state index contributed by atoms with van der Waals surface area (Å²) in [5, 5.41) is 2.81. The number of hydrogen-bond donors (Lipinski definition) is 1. The third kappa shape index (κ3) is 4.68. The highest BCUT2D eigenvalue weighted by Gasteiger charge is 2.29. The lowest BCUT2D eigenvalue weighted by atomic mass is 10.1. The van der Waals surface area contributed by atoms with Crippen molar-refractivity contribution in [3.05, 3.63) is 34.6 Å². The van der Waals surface area contributed by atoms with Crippen LogP contribution < -0.4 is 5.32 Å². The molecule has 1 aliphatic heterocycles. The molecule has 2 rings (SSSR count). The van der Waals surface area contributed by atoms with Gasteiger partial charge < -0.3 is 5.32 Å². The van der Waals surface area contributed by atoms with Gasteiger partial charge in [0.2, 0.25) is 10.0 Å². The third-order valence-corrected chi connectivity index (χ3v) is 6.40. The molecule has 0 atom stereocenters. The van der Waals surface area contributed by atoms with Gasteiger partial charge >= 0.3 is 0 Å². The van der Waals surface area contributed by atoms with Crippen LogP contribution in [-0.2, 0) is 10.0 Å². The van der Waals surface area contributed by atoms with Crippen molar-refractivity contribution in [1.29, 1.82) is 0 Å². The zero-order valence-corrected chi connectivity index (χ0v) is 15.2. The van der Waals surface area contributed by atoms with Gasteiger partial charge in [0.05, 0.1) is 16.3 Å². The zero-order chi connectivity index (χ0) is 17.7. The summed E-state index contributed by atoms with van der Waals surface area (Å²) in [6, 6.07) is 3.89. The highest BCUT2D eigenvalue weighted by Crippen LogP contribution is 2.20. The quantitative estimate of drug-likeness (QED) is 0.830. The second-order valence-corrected chi connectivity index (χ2v) is 8.41. The van der Waals surface area contributed by atoms with Crippen molar-refractivity contribution >= 4 is 27.5 Å². The molecule has 24 heavy (non-hydrogen) atoms. The number of carbonyl (C=O) groups is 1. The molecule has 0 aliphatic carbocycles. The maximum absolute atomic E-state index is 13.8. The minimum atomic E-state index is -3.22. The molecule has 0 saturated carbocycles. The Morgan fingerprint density at radius 3 is 2.62 bits per heavy atom. The second kappa shape index (κ2) is 8.27. The first-order valence-electron chi connectivity index (χ1n) is 8.08. The Balaban J connectivity index is 1.93. The summed E-state index contributed by atoms with van der Waals surface area (Å²) in [6.07, 6.45) is 2.48. The molecule has 1 aliphatic rings. The van der Waals surface area contributed by atoms with Crippen molar-refractivity contribution in [2.75, 3.05) is 18.8 Å². The number of piperidine rings is 1. The van der Waals surface area contributed by atoms with E-state index in [1.165, 1.54) is 22.5 Å². The standard InChI is InChI=1S/C16H22ClFN2O3S/c1-2-3-11-24(22,23)20-9-7-12(8-10-20)19-16(21)15-13(17)5-4-6-14(15)18/h4-6,12H,2-3,7-11H2,1H3,(H,19,21). The summed E-state index contributed by atoms with van der Waals surface area (Å²) in [6.45, 7) is 2.68. The summed E-state index contributed by atoms with van der Waals surface area (Å²) in [5.74, 6) is -1.07. The Morgan fingerprint density at radius 2 is 2.04 bits per heavy atom. The van der Waals surface area contributed by atoms with E-state index in [2.05, 4.69) is 5.32 Å². The molecule has 0 unspecified atom stereocenters. The van der Waals surface area contributed by atoms with Gasteiger partial charge in [-0.15, -0.1) is 0 Å². The molecule has 1 aromatic carbocycles. The molecule has 1 amide bonds. The molecule has 8 heteroatoms. The van der Waals surface area contributed by atoms with Gasteiger partial charge in [-0.3, -0.25) is 4.79 Å². The number of benzene rings is 1. The molecule has 1 aromatic rings. The van der Waals surface area contributed by atoms with Crippen LogP contribution in [0.3, 0.4) is 0 Å². The zero-order valence-electron chi connectivity index (χ0n) is 13.6. The van der Waals surface area contributed by atoms with E-state index < -0.39 is 21.7 Å². The summed E-state index contributed by atoms with van der Waals surface area (Å²) in [5.41, 5.74) is -0.169. The number of hydrogen-bond acceptors (Lipinski definition) is 3. The maximum Gasteiger partial charge on any atom is 0.255 e. The molecule has 134 valence electrons. The van der Waals surface area contributed by atoms with Crippen LogP contribution in [0, 0.1) is 5.82 Å². The monoisotopic (exact) mass is 376 g/mol. The second-order valence-electron chi connectivity index (χ2n) is 5.91. The minimum absolute atomic E-state index is 0.0621. The van der Waals surface area contributed by atoms with Crippen molar-refractivity contribution in [1.82, 2.24) is 9.62 Å². The highest BCUT2D eigenvalue weighted by molar-refractivity contribution is 7.89. The first-order valence-corrected chi connectivity index (χ1v) is 10.1. The smallest absolute Gasteiger partial charge is 0.255 e. The lowest BCUT2D eigenvalue weighted by Gasteiger charge is -2.31. The van der Waals surface area contributed by atoms with E-state index in [0.29, 0.717) is 32.4 Å². The first-order chi connectivity index (χ1) is 11.3. The highest BCUT2D eigenvalue weighted by atomic mass is 35.5. The first kappa shape index (κ1) is 19.1. The molecule has 1 N–H and O–H groups in total. The van der Waals surface area contributed by atoms with Crippen LogP contribution in [0.25, 0.3) is 0 Å². The largest absolute Gasteiger partial charge is 0.349 e. The summed E-state index contributed by atoms with van der Waals surface area (Å²) >= 11 is 5.89. The van der Waals surface area contributed by atoms with Crippen LogP contribution in [0.1, 0.15) is 43.0 Å². The van der Waals surface area contributed by atoms with E-state index in [4.69, 9.17) is 11.6 Å². The predicted molar refractivity (Wildman–Crippen MR) is 92.2 cm³/mol. The number of halogens is 2. The Kier molecular flexibility index (Phi) is 6.60. The average Bonchev–Trinajstić information content (AvgIpc) is 2.53. The number of amides is 1. The average molecular weight is 377 g/mol. The number of rotatable bonds is 6. The molecule has 1 fully saturated rings. The summed E-state index contributed by atoms with van der Waals surface area (Å²) in [4.78, 5) is 12.2. The fourth-order valence-corrected chi connectivity index (χ4v) is 4.63. The van der Waals surface area contributed by atoms with Gasteiger partial charge in [-0.2, -0.15) is 0 Å². The predicted octanol–water partition coefficient (Wildman–Crippen LogP) is 2.80. The third-order valence-electron chi connectivity index (χ3n) is 4.13. The number of carbonyl (C=O) groups excluding carboxylic acids is 1. The van der Waals surface area contributed by atoms with Gasteiger partial charge in [0, 0.05) is 19.1 Å². The van der Waals surface area contributed by atoms with Gasteiger partial charge in [0.1, 0.15) is 5.82 Å². The molecule has 0 radical (unpaired) electrons. The van der Waals surface area contributed by atoms with Gasteiger partial charge in [-0.25, -0.2) is 17.1 Å². The molecule has 0 bridgehead atoms. The van der Waals surface area contributed by atoms with Crippen molar-refractivity contribution in [3.63, 3.8) is 0 Å². The van der Waals surface area contributed by atoms with Crippen LogP contribution in [0.4, 0.5) is 4.39 Å². The number of nitrogens with zero attached hydrogens (tertiary/aromatic N) is 1. The van der Waals surface area contributed by atoms with Crippen molar-refractivity contribution < 1.29 is 17.6 Å². The SMILES string of the molecule is CCCCS(=O)(=O)N1CCC(NC(=O)c2c(F)cccc2Cl)CC1. The Hall–Kier alpha value is -1.18. The van der Waals surface area contributed by atoms with Crippen molar-refractivity contribution in [2.24, 2.45) is 0 Å². The summed E-state index contributed by atoms with van der Waals surface area (Å²) in [7, 11) is -3.22. The molecule has 1 heterocycles. The van der Waals surface area contributed by atoms with Gasteiger partial charge in [-0.05, 0) is 31.4 Å². The van der Waals surface area contributed by atoms with Gasteiger partial charge in [0.25, 0.3) is 5.91 Å². The Morgan fingerprint density at radius 1 is 1.38 bits per heavy atom. The van der Waals surface area contributed by atoms with Crippen molar-refractivity contribution in [2.45, 2.75) is 38.6 Å². The molecule has 1 saturated heterocycles. The number of nitrogens with one attached hydrogen (secondary N) is 1. The normalized spacial score (nSPS) is 17.0. The minimum Gasteiger partial charge on any atom is -0.349 e. The van der Waals surface area contributed by atoms with Crippen LogP contribution in [-0.4, -0.2) is 43.5 Å². The maximum atomic E-state index is 13.8. The van der Waals surface area contributed by atoms with Crippen LogP contribution in [0.2, 0.25) is 5.02 Å². The van der Waals surface area contributed by atoms with E-state index >= 15 is 0 Å². The fraction of sp³-hybridized carbons (Fsp3) is 0.562. The van der Waals surface area contributed by atoms with Gasteiger partial charge in [-0.1, -0.05) is 31.0 Å². The Bertz CT molecular complexity index is 668. The molecule has 0 aromatic heterocycles. The summed E-state index contributed by atoms with van der Waals surface area (Å²) < 4.78 is 39.5. The molecule has 0 spiro atoms.